The van der Waals surface area contributed by atoms with Crippen LogP contribution in [0.15, 0.2) is 48.5 Å². The number of halogens is 2. The molecule has 3 heterocycles. The highest BCUT2D eigenvalue weighted by molar-refractivity contribution is 6.32. The summed E-state index contributed by atoms with van der Waals surface area (Å²) in [7, 11) is 0. The summed E-state index contributed by atoms with van der Waals surface area (Å²) in [5.74, 6) is 0.159. The van der Waals surface area contributed by atoms with Gasteiger partial charge in [0.1, 0.15) is 11.6 Å². The summed E-state index contributed by atoms with van der Waals surface area (Å²) in [4.78, 5) is 23.7. The van der Waals surface area contributed by atoms with Crippen LogP contribution in [-0.2, 0) is 9.53 Å². The minimum Gasteiger partial charge on any atom is -0.466 e. The minimum absolute atomic E-state index is 0.137. The summed E-state index contributed by atoms with van der Waals surface area (Å²) in [5.41, 5.74) is 8.79. The fourth-order valence-electron chi connectivity index (χ4n) is 4.34. The van der Waals surface area contributed by atoms with Crippen molar-refractivity contribution in [3.63, 3.8) is 0 Å². The van der Waals surface area contributed by atoms with E-state index in [1.165, 1.54) is 12.1 Å². The topological polar surface area (TPSA) is 99.2 Å². The number of carbonyl (C=O) groups excluding carboxylic acids is 1. The maximum Gasteiger partial charge on any atom is 0.309 e. The average Bonchev–Trinajstić information content (AvgIpc) is 3.20. The number of anilines is 2. The Hall–Kier alpha value is -3.72. The van der Waals surface area contributed by atoms with E-state index >= 15 is 0 Å². The number of nitrogen functional groups attached to an aromatic ring is 1. The van der Waals surface area contributed by atoms with Gasteiger partial charge in [-0.05, 0) is 56.2 Å². The third-order valence-corrected chi connectivity index (χ3v) is 6.47. The second-order valence-electron chi connectivity index (χ2n) is 8.34. The van der Waals surface area contributed by atoms with Crippen molar-refractivity contribution < 1.29 is 13.9 Å². The molecule has 35 heavy (non-hydrogen) atoms. The Labute approximate surface area is 206 Å². The number of ether oxygens (including phenoxy) is 1. The number of fused-ring (bicyclic) bond motifs is 1. The van der Waals surface area contributed by atoms with Crippen molar-refractivity contribution >= 4 is 40.4 Å². The predicted octanol–water partition coefficient (Wildman–Crippen LogP) is 4.64. The van der Waals surface area contributed by atoms with Gasteiger partial charge in [-0.2, -0.15) is 4.98 Å². The number of hydrogen-bond acceptors (Lipinski definition) is 7. The van der Waals surface area contributed by atoms with Crippen LogP contribution in [0, 0.1) is 11.7 Å². The van der Waals surface area contributed by atoms with E-state index in [4.69, 9.17) is 32.0 Å². The normalized spacial score (nSPS) is 14.4. The predicted molar refractivity (Wildman–Crippen MR) is 133 cm³/mol. The molecule has 0 radical (unpaired) electrons. The van der Waals surface area contributed by atoms with E-state index in [9.17, 15) is 9.18 Å². The van der Waals surface area contributed by atoms with Crippen LogP contribution in [0.2, 0.25) is 5.02 Å². The SMILES string of the molecule is CCOC(=O)C1CCN(c2nc(-c3ccc(F)cc3)c3c(N)n(-c4ccccc4Cl)nc3n2)CC1. The summed E-state index contributed by atoms with van der Waals surface area (Å²) < 4.78 is 20.4. The Morgan fingerprint density at radius 1 is 1.14 bits per heavy atom. The zero-order valence-electron chi connectivity index (χ0n) is 19.1. The smallest absolute Gasteiger partial charge is 0.309 e. The fourth-order valence-corrected chi connectivity index (χ4v) is 4.56. The van der Waals surface area contributed by atoms with Crippen LogP contribution in [0.3, 0.4) is 0 Å². The lowest BCUT2D eigenvalue weighted by atomic mass is 9.97. The van der Waals surface area contributed by atoms with Gasteiger partial charge in [-0.3, -0.25) is 4.79 Å². The molecule has 0 aliphatic carbocycles. The molecule has 1 fully saturated rings. The molecule has 1 saturated heterocycles. The molecule has 5 rings (SSSR count). The number of hydrogen-bond donors (Lipinski definition) is 1. The highest BCUT2D eigenvalue weighted by Crippen LogP contribution is 2.35. The maximum atomic E-state index is 13.7. The lowest BCUT2D eigenvalue weighted by Gasteiger charge is -2.31. The van der Waals surface area contributed by atoms with Gasteiger partial charge >= 0.3 is 5.97 Å². The Morgan fingerprint density at radius 3 is 2.54 bits per heavy atom. The molecule has 10 heteroatoms. The molecule has 8 nitrogen and oxygen atoms in total. The van der Waals surface area contributed by atoms with Gasteiger partial charge < -0.3 is 15.4 Å². The first-order valence-corrected chi connectivity index (χ1v) is 11.8. The lowest BCUT2D eigenvalue weighted by molar-refractivity contribution is -0.148. The number of nitrogens with zero attached hydrogens (tertiary/aromatic N) is 5. The third-order valence-electron chi connectivity index (χ3n) is 6.15. The summed E-state index contributed by atoms with van der Waals surface area (Å²) in [6, 6.07) is 13.3. The van der Waals surface area contributed by atoms with Crippen LogP contribution in [0.5, 0.6) is 0 Å². The van der Waals surface area contributed by atoms with Crippen LogP contribution < -0.4 is 10.6 Å². The summed E-state index contributed by atoms with van der Waals surface area (Å²) >= 11 is 6.41. The quantitative estimate of drug-likeness (QED) is 0.403. The molecular formula is C25H24ClFN6O2. The maximum absolute atomic E-state index is 13.7. The second kappa shape index (κ2) is 9.50. The molecule has 0 saturated carbocycles. The lowest BCUT2D eigenvalue weighted by Crippen LogP contribution is -2.38. The van der Waals surface area contributed by atoms with Crippen molar-refractivity contribution in [1.29, 1.82) is 0 Å². The van der Waals surface area contributed by atoms with Gasteiger partial charge in [0.2, 0.25) is 5.95 Å². The molecule has 180 valence electrons. The molecule has 1 aliphatic rings. The molecule has 2 aromatic heterocycles. The number of aromatic nitrogens is 4. The van der Waals surface area contributed by atoms with E-state index in [1.807, 2.05) is 23.1 Å². The van der Waals surface area contributed by atoms with Crippen molar-refractivity contribution in [3.05, 3.63) is 59.4 Å². The Balaban J connectivity index is 1.59. The molecule has 0 unspecified atom stereocenters. The molecule has 0 bridgehead atoms. The highest BCUT2D eigenvalue weighted by Gasteiger charge is 2.29. The average molecular weight is 495 g/mol. The van der Waals surface area contributed by atoms with Gasteiger partial charge in [0.05, 0.1) is 34.3 Å². The molecule has 0 atom stereocenters. The van der Waals surface area contributed by atoms with Crippen LogP contribution >= 0.6 is 11.6 Å². The summed E-state index contributed by atoms with van der Waals surface area (Å²) in [6.07, 6.45) is 1.28. The van der Waals surface area contributed by atoms with Crippen LogP contribution in [-0.4, -0.2) is 45.4 Å². The van der Waals surface area contributed by atoms with E-state index in [2.05, 4.69) is 5.10 Å². The first kappa shape index (κ1) is 23.0. The summed E-state index contributed by atoms with van der Waals surface area (Å²) in [6.45, 7) is 3.37. The van der Waals surface area contributed by atoms with Gasteiger partial charge in [0.25, 0.3) is 0 Å². The second-order valence-corrected chi connectivity index (χ2v) is 8.75. The van der Waals surface area contributed by atoms with Crippen molar-refractivity contribution in [2.45, 2.75) is 19.8 Å². The zero-order valence-corrected chi connectivity index (χ0v) is 19.9. The zero-order chi connectivity index (χ0) is 24.5. The number of nitrogens with two attached hydrogens (primary N) is 1. The molecule has 2 aromatic carbocycles. The van der Waals surface area contributed by atoms with E-state index < -0.39 is 0 Å². The number of carbonyl (C=O) groups is 1. The van der Waals surface area contributed by atoms with Crippen LogP contribution in [0.1, 0.15) is 19.8 Å². The van der Waals surface area contributed by atoms with Gasteiger partial charge in [-0.25, -0.2) is 14.1 Å². The third kappa shape index (κ3) is 4.39. The fraction of sp³-hybridized carbons (Fsp3) is 0.280. The number of para-hydroxylation sites is 1. The largest absolute Gasteiger partial charge is 0.466 e. The Morgan fingerprint density at radius 2 is 1.86 bits per heavy atom. The molecule has 2 N–H and O–H groups in total. The molecule has 0 spiro atoms. The first-order chi connectivity index (χ1) is 17.0. The molecule has 0 amide bonds. The van der Waals surface area contributed by atoms with E-state index in [0.29, 0.717) is 77.3 Å². The van der Waals surface area contributed by atoms with E-state index in [0.717, 1.165) is 0 Å². The monoisotopic (exact) mass is 494 g/mol. The van der Waals surface area contributed by atoms with Crippen molar-refractivity contribution in [3.8, 4) is 16.9 Å². The number of benzene rings is 2. The number of esters is 1. The van der Waals surface area contributed by atoms with Gasteiger partial charge in [0, 0.05) is 18.7 Å². The Bertz CT molecular complexity index is 1380. The van der Waals surface area contributed by atoms with Gasteiger partial charge in [-0.15, -0.1) is 5.10 Å². The molecular weight excluding hydrogens is 471 g/mol. The summed E-state index contributed by atoms with van der Waals surface area (Å²) in [5, 5.41) is 5.70. The van der Waals surface area contributed by atoms with Crippen LogP contribution in [0.25, 0.3) is 28.0 Å². The van der Waals surface area contributed by atoms with Crippen molar-refractivity contribution in [2.75, 3.05) is 30.3 Å². The molecule has 4 aromatic rings. The number of rotatable bonds is 5. The van der Waals surface area contributed by atoms with Gasteiger partial charge in [0.15, 0.2) is 5.65 Å². The standard InChI is InChI=1S/C25H24ClFN6O2/c1-2-35-24(34)16-11-13-32(14-12-16)25-29-21(15-7-9-17(27)10-8-15)20-22(28)33(31-23(20)30-25)19-6-4-3-5-18(19)26/h3-10,16H,2,11-14,28H2,1H3. The minimum atomic E-state index is -0.347. The Kier molecular flexibility index (Phi) is 6.25. The number of piperidine rings is 1. The van der Waals surface area contributed by atoms with Crippen molar-refractivity contribution in [2.24, 2.45) is 5.92 Å². The van der Waals surface area contributed by atoms with E-state index in [1.54, 1.807) is 29.8 Å². The molecule has 1 aliphatic heterocycles. The van der Waals surface area contributed by atoms with Crippen LogP contribution in [0.4, 0.5) is 16.2 Å². The van der Waals surface area contributed by atoms with E-state index in [-0.39, 0.29) is 17.7 Å². The first-order valence-electron chi connectivity index (χ1n) is 11.4. The highest BCUT2D eigenvalue weighted by atomic mass is 35.5. The van der Waals surface area contributed by atoms with Gasteiger partial charge in [-0.1, -0.05) is 23.7 Å². The van der Waals surface area contributed by atoms with Crippen molar-refractivity contribution in [1.82, 2.24) is 19.7 Å².